The van der Waals surface area contributed by atoms with Crippen molar-refractivity contribution < 1.29 is 9.53 Å². The minimum atomic E-state index is -0.408. The van der Waals surface area contributed by atoms with Gasteiger partial charge in [0.15, 0.2) is 6.10 Å². The average molecular weight is 416 g/mol. The molecular formula is C28H20N2O2. The largest absolute Gasteiger partial charge is 0.449 e. The van der Waals surface area contributed by atoms with Crippen molar-refractivity contribution in [2.24, 2.45) is 0 Å². The Hall–Kier alpha value is -4.18. The second-order valence-electron chi connectivity index (χ2n) is 7.99. The number of benzene rings is 4. The van der Waals surface area contributed by atoms with Gasteiger partial charge in [-0.3, -0.25) is 4.57 Å². The molecule has 0 atom stereocenters. The van der Waals surface area contributed by atoms with E-state index in [1.165, 1.54) is 0 Å². The zero-order valence-electron chi connectivity index (χ0n) is 17.5. The maximum Gasteiger partial charge on any atom is 0.339 e. The number of aryl methyl sites for hydroxylation is 1. The Balaban J connectivity index is 1.36. The maximum absolute atomic E-state index is 13.2. The van der Waals surface area contributed by atoms with Crippen LogP contribution in [-0.2, 0) is 4.74 Å². The van der Waals surface area contributed by atoms with Crippen LogP contribution < -0.4 is 0 Å². The smallest absolute Gasteiger partial charge is 0.339 e. The molecule has 0 fully saturated rings. The van der Waals surface area contributed by atoms with Gasteiger partial charge in [-0.05, 0) is 48.4 Å². The molecule has 1 aromatic heterocycles. The third kappa shape index (κ3) is 2.84. The number of fused-ring (bicyclic) bond motifs is 4. The van der Waals surface area contributed by atoms with Crippen molar-refractivity contribution in [1.82, 2.24) is 9.55 Å². The molecule has 154 valence electrons. The number of ether oxygens (including phenoxy) is 1. The summed E-state index contributed by atoms with van der Waals surface area (Å²) in [5, 5.41) is 0. The number of hydrogen-bond acceptors (Lipinski definition) is 3. The summed E-state index contributed by atoms with van der Waals surface area (Å²) in [4.78, 5) is 17.9. The van der Waals surface area contributed by atoms with Gasteiger partial charge in [-0.1, -0.05) is 66.7 Å². The molecule has 1 heterocycles. The normalized spacial score (nSPS) is 12.5. The lowest BCUT2D eigenvalue weighted by molar-refractivity contribution is 0.0386. The molecule has 0 bridgehead atoms. The second kappa shape index (κ2) is 7.20. The van der Waals surface area contributed by atoms with E-state index < -0.39 is 6.10 Å². The van der Waals surface area contributed by atoms with Gasteiger partial charge in [-0.2, -0.15) is 0 Å². The van der Waals surface area contributed by atoms with E-state index >= 15 is 0 Å². The molecule has 1 aliphatic rings. The van der Waals surface area contributed by atoms with Gasteiger partial charge in [0.2, 0.25) is 0 Å². The molecular weight excluding hydrogens is 396 g/mol. The van der Waals surface area contributed by atoms with Crippen LogP contribution in [0.4, 0.5) is 0 Å². The molecule has 4 nitrogen and oxygen atoms in total. The summed E-state index contributed by atoms with van der Waals surface area (Å²) in [7, 11) is 0. The lowest BCUT2D eigenvalue weighted by Gasteiger charge is -2.15. The number of rotatable bonds is 3. The molecule has 0 saturated heterocycles. The molecule has 4 aromatic carbocycles. The lowest BCUT2D eigenvalue weighted by atomic mass is 10.1. The van der Waals surface area contributed by atoms with Crippen molar-refractivity contribution in [2.45, 2.75) is 13.0 Å². The van der Waals surface area contributed by atoms with Crippen LogP contribution in [0.2, 0.25) is 0 Å². The Bertz CT molecular complexity index is 1440. The Morgan fingerprint density at radius 1 is 0.812 bits per heavy atom. The van der Waals surface area contributed by atoms with E-state index in [1.54, 1.807) is 0 Å². The van der Waals surface area contributed by atoms with E-state index in [2.05, 4.69) is 16.7 Å². The first-order valence-corrected chi connectivity index (χ1v) is 10.6. The average Bonchev–Trinajstić information content (AvgIpc) is 3.33. The third-order valence-corrected chi connectivity index (χ3v) is 6.07. The molecule has 4 heteroatoms. The molecule has 0 radical (unpaired) electrons. The summed E-state index contributed by atoms with van der Waals surface area (Å²) in [6.07, 6.45) is -0.408. The highest BCUT2D eigenvalue weighted by atomic mass is 16.5. The predicted molar refractivity (Wildman–Crippen MR) is 125 cm³/mol. The fourth-order valence-corrected chi connectivity index (χ4v) is 4.64. The summed E-state index contributed by atoms with van der Waals surface area (Å²) in [5.41, 5.74) is 7.55. The Morgan fingerprint density at radius 3 is 2.12 bits per heavy atom. The molecule has 0 amide bonds. The van der Waals surface area contributed by atoms with Crippen LogP contribution >= 0.6 is 0 Å². The summed E-state index contributed by atoms with van der Waals surface area (Å²) < 4.78 is 8.14. The van der Waals surface area contributed by atoms with E-state index in [0.717, 1.165) is 44.8 Å². The molecule has 0 saturated carbocycles. The van der Waals surface area contributed by atoms with Crippen molar-refractivity contribution in [3.8, 4) is 16.8 Å². The topological polar surface area (TPSA) is 44.1 Å². The second-order valence-corrected chi connectivity index (χ2v) is 7.99. The molecule has 0 N–H and O–H groups in total. The predicted octanol–water partition coefficient (Wildman–Crippen LogP) is 6.26. The number of hydrogen-bond donors (Lipinski definition) is 0. The van der Waals surface area contributed by atoms with Crippen LogP contribution in [0, 0.1) is 6.92 Å². The Kier molecular flexibility index (Phi) is 4.18. The number of carbonyl (C=O) groups is 1. The fourth-order valence-electron chi connectivity index (χ4n) is 4.64. The molecule has 5 aromatic rings. The number of aromatic nitrogens is 2. The van der Waals surface area contributed by atoms with Crippen molar-refractivity contribution in [2.75, 3.05) is 0 Å². The van der Waals surface area contributed by atoms with Gasteiger partial charge in [0.1, 0.15) is 5.82 Å². The number of esters is 1. The Morgan fingerprint density at radius 2 is 1.44 bits per heavy atom. The highest BCUT2D eigenvalue weighted by Crippen LogP contribution is 2.45. The van der Waals surface area contributed by atoms with Gasteiger partial charge >= 0.3 is 5.97 Å². The first-order valence-electron chi connectivity index (χ1n) is 10.6. The summed E-state index contributed by atoms with van der Waals surface area (Å²) in [6.45, 7) is 1.97. The molecule has 0 unspecified atom stereocenters. The van der Waals surface area contributed by atoms with Crippen LogP contribution in [0.5, 0.6) is 0 Å². The number of para-hydroxylation sites is 1. The quantitative estimate of drug-likeness (QED) is 0.326. The zero-order valence-corrected chi connectivity index (χ0v) is 17.5. The summed E-state index contributed by atoms with van der Waals surface area (Å²) in [6, 6.07) is 31.9. The van der Waals surface area contributed by atoms with Gasteiger partial charge in [-0.15, -0.1) is 0 Å². The number of imidazole rings is 1. The monoisotopic (exact) mass is 416 g/mol. The molecule has 6 rings (SSSR count). The van der Waals surface area contributed by atoms with E-state index in [0.29, 0.717) is 5.56 Å². The fraction of sp³-hybridized carbons (Fsp3) is 0.0714. The molecule has 1 aliphatic carbocycles. The number of carbonyl (C=O) groups excluding carboxylic acids is 1. The van der Waals surface area contributed by atoms with E-state index in [-0.39, 0.29) is 5.97 Å². The van der Waals surface area contributed by atoms with Crippen molar-refractivity contribution in [3.63, 3.8) is 0 Å². The number of nitrogens with zero attached hydrogens (tertiary/aromatic N) is 2. The molecule has 32 heavy (non-hydrogen) atoms. The minimum Gasteiger partial charge on any atom is -0.449 e. The van der Waals surface area contributed by atoms with E-state index in [1.807, 2.05) is 91.9 Å². The van der Waals surface area contributed by atoms with Gasteiger partial charge in [0.25, 0.3) is 0 Å². The van der Waals surface area contributed by atoms with Crippen molar-refractivity contribution in [3.05, 3.63) is 120 Å². The summed E-state index contributed by atoms with van der Waals surface area (Å²) in [5.74, 6) is 0.519. The van der Waals surface area contributed by atoms with Crippen LogP contribution in [0.25, 0.3) is 27.8 Å². The minimum absolute atomic E-state index is 0.352. The summed E-state index contributed by atoms with van der Waals surface area (Å²) >= 11 is 0. The first-order chi connectivity index (χ1) is 15.7. The molecule has 0 aliphatic heterocycles. The highest BCUT2D eigenvalue weighted by molar-refractivity contribution is 5.95. The van der Waals surface area contributed by atoms with E-state index in [4.69, 9.17) is 9.72 Å². The van der Waals surface area contributed by atoms with Crippen LogP contribution in [0.3, 0.4) is 0 Å². The van der Waals surface area contributed by atoms with Crippen LogP contribution in [-0.4, -0.2) is 15.5 Å². The Labute approximate surface area is 185 Å². The van der Waals surface area contributed by atoms with Crippen molar-refractivity contribution >= 4 is 17.0 Å². The lowest BCUT2D eigenvalue weighted by Crippen LogP contribution is -2.11. The van der Waals surface area contributed by atoms with Gasteiger partial charge in [0, 0.05) is 16.8 Å². The zero-order chi connectivity index (χ0) is 21.7. The van der Waals surface area contributed by atoms with Crippen molar-refractivity contribution in [1.29, 1.82) is 0 Å². The van der Waals surface area contributed by atoms with Gasteiger partial charge < -0.3 is 4.74 Å². The van der Waals surface area contributed by atoms with Crippen LogP contribution in [0.1, 0.15) is 33.4 Å². The van der Waals surface area contributed by atoms with Crippen LogP contribution in [0.15, 0.2) is 97.1 Å². The van der Waals surface area contributed by atoms with Gasteiger partial charge in [0.05, 0.1) is 16.6 Å². The molecule has 0 spiro atoms. The maximum atomic E-state index is 13.2. The standard InChI is InChI=1S/C28H20N2O2/c1-18-29-25-17-19(15-16-26(25)30(18)20-9-3-2-4-10-20)28(31)32-27-23-13-7-5-11-21(23)22-12-6-8-14-24(22)27/h2-17,27H,1H3. The highest BCUT2D eigenvalue weighted by Gasteiger charge is 2.31. The van der Waals surface area contributed by atoms with E-state index in [9.17, 15) is 4.79 Å². The third-order valence-electron chi connectivity index (χ3n) is 6.07. The SMILES string of the molecule is Cc1nc2cc(C(=O)OC3c4ccccc4-c4ccccc43)ccc2n1-c1ccccc1. The first kappa shape index (κ1) is 18.6. The van der Waals surface area contributed by atoms with Gasteiger partial charge in [-0.25, -0.2) is 9.78 Å².